The molecule has 0 spiro atoms. The third-order valence-electron chi connectivity index (χ3n) is 2.64. The fourth-order valence-corrected chi connectivity index (χ4v) is 3.00. The second-order valence-corrected chi connectivity index (χ2v) is 6.57. The van der Waals surface area contributed by atoms with Crippen molar-refractivity contribution in [3.63, 3.8) is 0 Å². The van der Waals surface area contributed by atoms with E-state index in [2.05, 4.69) is 0 Å². The number of nitrogens with two attached hydrogens (primary N) is 1. The molecule has 0 amide bonds. The van der Waals surface area contributed by atoms with Crippen LogP contribution in [0.3, 0.4) is 0 Å². The lowest BCUT2D eigenvalue weighted by Crippen LogP contribution is -2.22. The molecular weight excluding hydrogens is 255 g/mol. The van der Waals surface area contributed by atoms with Crippen molar-refractivity contribution in [3.8, 4) is 6.07 Å². The summed E-state index contributed by atoms with van der Waals surface area (Å²) in [6.07, 6.45) is 0.364. The predicted molar refractivity (Wildman–Crippen MR) is 66.9 cm³/mol. The molecular formula is C12H15FN2O2S. The van der Waals surface area contributed by atoms with E-state index < -0.39 is 20.9 Å². The molecule has 0 aliphatic heterocycles. The fourth-order valence-electron chi connectivity index (χ4n) is 1.59. The van der Waals surface area contributed by atoms with Gasteiger partial charge in [-0.1, -0.05) is 0 Å². The van der Waals surface area contributed by atoms with Crippen LogP contribution in [-0.4, -0.2) is 20.2 Å². The lowest BCUT2D eigenvalue weighted by Gasteiger charge is -2.12. The summed E-state index contributed by atoms with van der Waals surface area (Å²) in [5, 5.41) is 8.12. The van der Waals surface area contributed by atoms with Gasteiger partial charge in [0.25, 0.3) is 0 Å². The minimum absolute atomic E-state index is 0.117. The van der Waals surface area contributed by atoms with Gasteiger partial charge >= 0.3 is 0 Å². The van der Waals surface area contributed by atoms with Crippen molar-refractivity contribution in [1.29, 1.82) is 5.26 Å². The highest BCUT2D eigenvalue weighted by atomic mass is 32.2. The van der Waals surface area contributed by atoms with E-state index >= 15 is 0 Å². The molecule has 6 heteroatoms. The first kappa shape index (κ1) is 14.6. The Morgan fingerprint density at radius 2 is 2.11 bits per heavy atom. The van der Waals surface area contributed by atoms with Crippen molar-refractivity contribution >= 4 is 9.84 Å². The average Bonchev–Trinajstić information content (AvgIpc) is 2.27. The third kappa shape index (κ3) is 3.79. The van der Waals surface area contributed by atoms with Gasteiger partial charge in [-0.25, -0.2) is 12.8 Å². The summed E-state index contributed by atoms with van der Waals surface area (Å²) in [7, 11) is -3.37. The first-order chi connectivity index (χ1) is 8.39. The molecule has 0 aromatic heterocycles. The van der Waals surface area contributed by atoms with Gasteiger partial charge in [0.05, 0.1) is 22.6 Å². The van der Waals surface area contributed by atoms with Gasteiger partial charge < -0.3 is 5.73 Å². The van der Waals surface area contributed by atoms with Crippen LogP contribution in [0.5, 0.6) is 0 Å². The Kier molecular flexibility index (Phi) is 4.82. The molecule has 1 aromatic carbocycles. The molecule has 0 fully saturated rings. The van der Waals surface area contributed by atoms with Crippen LogP contribution >= 0.6 is 0 Å². The van der Waals surface area contributed by atoms with E-state index in [0.717, 1.165) is 12.1 Å². The third-order valence-corrected chi connectivity index (χ3v) is 4.84. The fraction of sp³-hybridized carbons (Fsp3) is 0.417. The molecule has 0 saturated heterocycles. The van der Waals surface area contributed by atoms with Crippen molar-refractivity contribution in [3.05, 3.63) is 35.1 Å². The van der Waals surface area contributed by atoms with Crippen molar-refractivity contribution in [1.82, 2.24) is 0 Å². The van der Waals surface area contributed by atoms with Crippen LogP contribution in [0.15, 0.2) is 18.2 Å². The normalized spacial score (nSPS) is 13.0. The SMILES string of the molecule is CC(CCN)S(=O)(=O)Cc1cc(F)cc(C#N)c1. The Hall–Kier alpha value is -1.45. The zero-order chi connectivity index (χ0) is 13.8. The number of nitriles is 1. The standard InChI is InChI=1S/C12H15FN2O2S/c1-9(2-3-14)18(16,17)8-11-4-10(7-15)5-12(13)6-11/h4-6,9H,2-3,8,14H2,1H3. The zero-order valence-electron chi connectivity index (χ0n) is 10.1. The quantitative estimate of drug-likeness (QED) is 0.875. The Labute approximate surface area is 106 Å². The highest BCUT2D eigenvalue weighted by Gasteiger charge is 2.21. The van der Waals surface area contributed by atoms with E-state index in [-0.39, 0.29) is 23.4 Å². The number of rotatable bonds is 5. The second kappa shape index (κ2) is 5.94. The van der Waals surface area contributed by atoms with Crippen LogP contribution in [0, 0.1) is 17.1 Å². The van der Waals surface area contributed by atoms with Crippen molar-refractivity contribution in [2.75, 3.05) is 6.54 Å². The molecule has 2 N–H and O–H groups in total. The molecule has 0 radical (unpaired) electrons. The molecule has 0 aliphatic rings. The van der Waals surface area contributed by atoms with Gasteiger partial charge in [0.15, 0.2) is 9.84 Å². The zero-order valence-corrected chi connectivity index (χ0v) is 10.9. The maximum absolute atomic E-state index is 13.2. The van der Waals surface area contributed by atoms with Gasteiger partial charge in [-0.05, 0) is 43.7 Å². The number of nitrogens with zero attached hydrogens (tertiary/aromatic N) is 1. The van der Waals surface area contributed by atoms with Gasteiger partial charge in [0.2, 0.25) is 0 Å². The van der Waals surface area contributed by atoms with E-state index in [1.807, 2.05) is 0 Å². The topological polar surface area (TPSA) is 84.0 Å². The molecule has 0 bridgehead atoms. The second-order valence-electron chi connectivity index (χ2n) is 4.16. The molecule has 1 unspecified atom stereocenters. The maximum Gasteiger partial charge on any atom is 0.157 e. The Morgan fingerprint density at radius 1 is 1.44 bits per heavy atom. The summed E-state index contributed by atoms with van der Waals surface area (Å²) in [5.41, 5.74) is 5.73. The number of hydrogen-bond acceptors (Lipinski definition) is 4. The van der Waals surface area contributed by atoms with E-state index in [4.69, 9.17) is 11.0 Å². The molecule has 0 aliphatic carbocycles. The number of benzene rings is 1. The summed E-state index contributed by atoms with van der Waals surface area (Å²) in [6.45, 7) is 1.86. The van der Waals surface area contributed by atoms with Gasteiger partial charge in [-0.15, -0.1) is 0 Å². The van der Waals surface area contributed by atoms with E-state index in [9.17, 15) is 12.8 Å². The summed E-state index contributed by atoms with van der Waals surface area (Å²) >= 11 is 0. The van der Waals surface area contributed by atoms with Crippen LogP contribution in [0.2, 0.25) is 0 Å². The average molecular weight is 270 g/mol. The van der Waals surface area contributed by atoms with Crippen LogP contribution < -0.4 is 5.73 Å². The molecule has 0 saturated carbocycles. The summed E-state index contributed by atoms with van der Waals surface area (Å²) < 4.78 is 37.1. The minimum Gasteiger partial charge on any atom is -0.330 e. The van der Waals surface area contributed by atoms with E-state index in [1.54, 1.807) is 13.0 Å². The smallest absolute Gasteiger partial charge is 0.157 e. The Balaban J connectivity index is 2.98. The first-order valence-electron chi connectivity index (χ1n) is 5.50. The minimum atomic E-state index is -3.37. The highest BCUT2D eigenvalue weighted by molar-refractivity contribution is 7.91. The Morgan fingerprint density at radius 3 is 2.67 bits per heavy atom. The van der Waals surface area contributed by atoms with E-state index in [1.165, 1.54) is 6.07 Å². The van der Waals surface area contributed by atoms with Gasteiger partial charge in [0, 0.05) is 0 Å². The lowest BCUT2D eigenvalue weighted by atomic mass is 10.1. The largest absolute Gasteiger partial charge is 0.330 e. The van der Waals surface area contributed by atoms with Crippen LogP contribution in [-0.2, 0) is 15.6 Å². The monoisotopic (exact) mass is 270 g/mol. The summed E-state index contributed by atoms with van der Waals surface area (Å²) in [4.78, 5) is 0. The van der Waals surface area contributed by atoms with Gasteiger partial charge in [-0.3, -0.25) is 0 Å². The number of sulfone groups is 1. The van der Waals surface area contributed by atoms with E-state index in [0.29, 0.717) is 6.42 Å². The first-order valence-corrected chi connectivity index (χ1v) is 7.22. The molecule has 1 aromatic rings. The molecule has 18 heavy (non-hydrogen) atoms. The summed E-state index contributed by atoms with van der Waals surface area (Å²) in [6, 6.07) is 5.38. The van der Waals surface area contributed by atoms with Gasteiger partial charge in [-0.2, -0.15) is 5.26 Å². The maximum atomic E-state index is 13.2. The van der Waals surface area contributed by atoms with Crippen molar-refractivity contribution in [2.24, 2.45) is 5.73 Å². The van der Waals surface area contributed by atoms with Crippen LogP contribution in [0.4, 0.5) is 4.39 Å². The molecule has 98 valence electrons. The number of hydrogen-bond donors (Lipinski definition) is 1. The predicted octanol–water partition coefficient (Wildman–Crippen LogP) is 1.35. The Bertz CT molecular complexity index is 564. The van der Waals surface area contributed by atoms with Gasteiger partial charge in [0.1, 0.15) is 5.82 Å². The molecule has 1 atom stereocenters. The van der Waals surface area contributed by atoms with Crippen molar-refractivity contribution in [2.45, 2.75) is 24.3 Å². The number of halogens is 1. The molecule has 1 rings (SSSR count). The molecule has 0 heterocycles. The lowest BCUT2D eigenvalue weighted by molar-refractivity contribution is 0.577. The van der Waals surface area contributed by atoms with Crippen LogP contribution in [0.25, 0.3) is 0 Å². The van der Waals surface area contributed by atoms with Crippen molar-refractivity contribution < 1.29 is 12.8 Å². The van der Waals surface area contributed by atoms with Crippen LogP contribution in [0.1, 0.15) is 24.5 Å². The highest BCUT2D eigenvalue weighted by Crippen LogP contribution is 2.16. The summed E-state index contributed by atoms with van der Waals surface area (Å²) in [5.74, 6) is -0.883. The molecule has 4 nitrogen and oxygen atoms in total.